The molecule has 1 aliphatic heterocycles. The van der Waals surface area contributed by atoms with Gasteiger partial charge < -0.3 is 0 Å². The van der Waals surface area contributed by atoms with E-state index in [1.165, 1.54) is 6.34 Å². The van der Waals surface area contributed by atoms with Gasteiger partial charge in [-0.2, -0.15) is 8.42 Å². The molecule has 0 spiro atoms. The SMILES string of the molecule is COS(=O)(=O)ON1C=NCC1. The molecular formula is C4H8N2O4S. The Morgan fingerprint density at radius 3 is 2.82 bits per heavy atom. The molecule has 1 heterocycles. The maximum Gasteiger partial charge on any atom is 0.420 e. The first-order chi connectivity index (χ1) is 5.14. The zero-order chi connectivity index (χ0) is 8.32. The molecule has 0 aromatic carbocycles. The van der Waals surface area contributed by atoms with E-state index in [0.717, 1.165) is 12.2 Å². The van der Waals surface area contributed by atoms with Crippen LogP contribution in [0.2, 0.25) is 0 Å². The fraction of sp³-hybridized carbons (Fsp3) is 0.750. The lowest BCUT2D eigenvalue weighted by atomic mass is 10.7. The third-order valence-electron chi connectivity index (χ3n) is 1.05. The lowest BCUT2D eigenvalue weighted by Crippen LogP contribution is -2.24. The van der Waals surface area contributed by atoms with Crippen LogP contribution >= 0.6 is 0 Å². The van der Waals surface area contributed by atoms with Gasteiger partial charge in [-0.1, -0.05) is 0 Å². The van der Waals surface area contributed by atoms with Crippen LogP contribution in [0.4, 0.5) is 0 Å². The second kappa shape index (κ2) is 3.16. The summed E-state index contributed by atoms with van der Waals surface area (Å²) in [7, 11) is -2.84. The minimum atomic E-state index is -3.87. The van der Waals surface area contributed by atoms with E-state index < -0.39 is 10.4 Å². The predicted molar refractivity (Wildman–Crippen MR) is 37.1 cm³/mol. The molecule has 1 rings (SSSR count). The molecule has 0 aromatic heterocycles. The van der Waals surface area contributed by atoms with Crippen LogP contribution in [0.5, 0.6) is 0 Å². The molecular weight excluding hydrogens is 172 g/mol. The Kier molecular flexibility index (Phi) is 2.42. The van der Waals surface area contributed by atoms with Gasteiger partial charge in [0, 0.05) is 0 Å². The first-order valence-corrected chi connectivity index (χ1v) is 4.24. The van der Waals surface area contributed by atoms with E-state index in [2.05, 4.69) is 13.5 Å². The summed E-state index contributed by atoms with van der Waals surface area (Å²) in [5.41, 5.74) is 0. The van der Waals surface area contributed by atoms with Crippen LogP contribution in [-0.4, -0.2) is 40.0 Å². The normalized spacial score (nSPS) is 17.7. The third-order valence-corrected chi connectivity index (χ3v) is 1.83. The van der Waals surface area contributed by atoms with Crippen molar-refractivity contribution >= 4 is 16.7 Å². The second-order valence-electron chi connectivity index (χ2n) is 1.81. The molecule has 64 valence electrons. The topological polar surface area (TPSA) is 68.2 Å². The van der Waals surface area contributed by atoms with Crippen LogP contribution in [-0.2, 0) is 18.9 Å². The summed E-state index contributed by atoms with van der Waals surface area (Å²) in [5.74, 6) is 0. The Morgan fingerprint density at radius 1 is 1.64 bits per heavy atom. The minimum absolute atomic E-state index is 0.433. The van der Waals surface area contributed by atoms with Crippen LogP contribution < -0.4 is 0 Å². The molecule has 0 amide bonds. The van der Waals surface area contributed by atoms with Crippen molar-refractivity contribution in [3.8, 4) is 0 Å². The third kappa shape index (κ3) is 2.45. The number of nitrogens with zero attached hydrogens (tertiary/aromatic N) is 2. The number of aliphatic imine (C=N–C) groups is 1. The molecule has 0 saturated carbocycles. The van der Waals surface area contributed by atoms with Gasteiger partial charge in [-0.05, 0) is 0 Å². The minimum Gasteiger partial charge on any atom is -0.271 e. The first kappa shape index (κ1) is 8.44. The zero-order valence-corrected chi connectivity index (χ0v) is 6.74. The second-order valence-corrected chi connectivity index (χ2v) is 3.11. The Hall–Kier alpha value is -0.660. The van der Waals surface area contributed by atoms with Gasteiger partial charge in [-0.25, -0.2) is 5.06 Å². The van der Waals surface area contributed by atoms with E-state index in [9.17, 15) is 8.42 Å². The molecule has 0 unspecified atom stereocenters. The smallest absolute Gasteiger partial charge is 0.271 e. The maximum atomic E-state index is 10.6. The molecule has 6 nitrogen and oxygen atoms in total. The number of hydrogen-bond acceptors (Lipinski definition) is 6. The van der Waals surface area contributed by atoms with Gasteiger partial charge in [0.15, 0.2) is 0 Å². The van der Waals surface area contributed by atoms with Gasteiger partial charge in [0.2, 0.25) is 0 Å². The highest BCUT2D eigenvalue weighted by molar-refractivity contribution is 7.81. The monoisotopic (exact) mass is 180 g/mol. The summed E-state index contributed by atoms with van der Waals surface area (Å²) in [6, 6.07) is 0. The quantitative estimate of drug-likeness (QED) is 0.566. The van der Waals surface area contributed by atoms with Crippen LogP contribution in [0.25, 0.3) is 0 Å². The molecule has 0 radical (unpaired) electrons. The molecule has 0 N–H and O–H groups in total. The van der Waals surface area contributed by atoms with E-state index >= 15 is 0 Å². The molecule has 0 bridgehead atoms. The molecule has 0 aliphatic carbocycles. The lowest BCUT2D eigenvalue weighted by molar-refractivity contribution is 0.0263. The van der Waals surface area contributed by atoms with Crippen LogP contribution in [0.3, 0.4) is 0 Å². The Labute approximate surface area is 64.7 Å². The maximum absolute atomic E-state index is 10.6. The van der Waals surface area contributed by atoms with Gasteiger partial charge in [-0.15, -0.1) is 4.28 Å². The van der Waals surface area contributed by atoms with E-state index in [-0.39, 0.29) is 0 Å². The fourth-order valence-electron chi connectivity index (χ4n) is 0.567. The standard InChI is InChI=1S/C4H8N2O4S/c1-9-11(7,8)10-6-3-2-5-4-6/h4H,2-3H2,1H3. The molecule has 0 atom stereocenters. The molecule has 7 heteroatoms. The van der Waals surface area contributed by atoms with Gasteiger partial charge >= 0.3 is 10.4 Å². The van der Waals surface area contributed by atoms with Crippen molar-refractivity contribution in [1.82, 2.24) is 5.06 Å². The molecule has 11 heavy (non-hydrogen) atoms. The Bertz CT molecular complexity index is 247. The van der Waals surface area contributed by atoms with Crippen molar-refractivity contribution in [3.63, 3.8) is 0 Å². The van der Waals surface area contributed by atoms with Crippen molar-refractivity contribution in [1.29, 1.82) is 0 Å². The Morgan fingerprint density at radius 2 is 2.36 bits per heavy atom. The highest BCUT2D eigenvalue weighted by Crippen LogP contribution is 2.00. The highest BCUT2D eigenvalue weighted by Gasteiger charge is 2.16. The summed E-state index contributed by atoms with van der Waals surface area (Å²) in [5, 5.41) is 1.10. The lowest BCUT2D eigenvalue weighted by Gasteiger charge is -2.10. The largest absolute Gasteiger partial charge is 0.420 e. The summed E-state index contributed by atoms with van der Waals surface area (Å²) >= 11 is 0. The number of hydroxylamine groups is 2. The molecule has 1 aliphatic rings. The fourth-order valence-corrected chi connectivity index (χ4v) is 0.975. The van der Waals surface area contributed by atoms with E-state index in [1.807, 2.05) is 0 Å². The first-order valence-electron chi connectivity index (χ1n) is 2.91. The summed E-state index contributed by atoms with van der Waals surface area (Å²) in [6.07, 6.45) is 1.30. The van der Waals surface area contributed by atoms with Crippen molar-refractivity contribution in [2.24, 2.45) is 4.99 Å². The summed E-state index contributed by atoms with van der Waals surface area (Å²) in [4.78, 5) is 3.74. The summed E-state index contributed by atoms with van der Waals surface area (Å²) < 4.78 is 29.6. The van der Waals surface area contributed by atoms with Crippen LogP contribution in [0.15, 0.2) is 4.99 Å². The van der Waals surface area contributed by atoms with Crippen LogP contribution in [0, 0.1) is 0 Å². The van der Waals surface area contributed by atoms with E-state index in [1.54, 1.807) is 0 Å². The van der Waals surface area contributed by atoms with Gasteiger partial charge in [0.1, 0.15) is 6.34 Å². The van der Waals surface area contributed by atoms with Gasteiger partial charge in [-0.3, -0.25) is 9.18 Å². The van der Waals surface area contributed by atoms with Crippen molar-refractivity contribution < 1.29 is 16.9 Å². The average Bonchev–Trinajstić information content (AvgIpc) is 2.39. The van der Waals surface area contributed by atoms with Crippen LogP contribution in [0.1, 0.15) is 0 Å². The number of rotatable bonds is 3. The average molecular weight is 180 g/mol. The van der Waals surface area contributed by atoms with E-state index in [0.29, 0.717) is 13.1 Å². The van der Waals surface area contributed by atoms with Crippen molar-refractivity contribution in [2.45, 2.75) is 0 Å². The molecule has 0 fully saturated rings. The van der Waals surface area contributed by atoms with E-state index in [4.69, 9.17) is 0 Å². The van der Waals surface area contributed by atoms with Gasteiger partial charge in [0.25, 0.3) is 0 Å². The summed E-state index contributed by atoms with van der Waals surface area (Å²) in [6.45, 7) is 0.974. The van der Waals surface area contributed by atoms with Crippen molar-refractivity contribution in [3.05, 3.63) is 0 Å². The molecule has 0 aromatic rings. The zero-order valence-electron chi connectivity index (χ0n) is 5.93. The van der Waals surface area contributed by atoms with Gasteiger partial charge in [0.05, 0.1) is 20.2 Å². The predicted octanol–water partition coefficient (Wildman–Crippen LogP) is -0.847. The Balaban J connectivity index is 2.48. The number of hydrogen-bond donors (Lipinski definition) is 0. The highest BCUT2D eigenvalue weighted by atomic mass is 32.3. The molecule has 0 saturated heterocycles. The van der Waals surface area contributed by atoms with Crippen molar-refractivity contribution in [2.75, 3.05) is 20.2 Å².